The lowest BCUT2D eigenvalue weighted by Crippen LogP contribution is -2.17. The van der Waals surface area contributed by atoms with Crippen LogP contribution in [0.15, 0.2) is 64.5 Å². The van der Waals surface area contributed by atoms with Gasteiger partial charge in [-0.2, -0.15) is 0 Å². The fraction of sp³-hybridized carbons (Fsp3) is 0.118. The average molecular weight is 382 g/mol. The zero-order chi connectivity index (χ0) is 18.4. The normalized spacial score (nSPS) is 11.7. The Kier molecular flexibility index (Phi) is 6.06. The Balaban J connectivity index is 2.39. The first-order valence-corrected chi connectivity index (χ1v) is 8.94. The molecule has 0 heterocycles. The second-order valence-electron chi connectivity index (χ2n) is 4.83. The van der Waals surface area contributed by atoms with E-state index in [2.05, 4.69) is 10.1 Å². The van der Waals surface area contributed by atoms with E-state index in [9.17, 15) is 13.2 Å². The summed E-state index contributed by atoms with van der Waals surface area (Å²) in [6.07, 6.45) is 1.09. The van der Waals surface area contributed by atoms with Crippen LogP contribution in [0.2, 0.25) is 5.02 Å². The van der Waals surface area contributed by atoms with Crippen LogP contribution in [0.3, 0.4) is 0 Å². The first-order valence-electron chi connectivity index (χ1n) is 7.08. The standard InChI is InChI=1S/C17H16ClNO5S/c1-23-14-7-9-15(10-8-14)25(21,22)16(17(20)24-2)11-19-13-5-3-12(18)4-6-13/h3-11,19H,1-2H3/b16-11+. The first kappa shape index (κ1) is 18.8. The number of sulfone groups is 1. The van der Waals surface area contributed by atoms with Gasteiger partial charge in [-0.05, 0) is 48.5 Å². The molecule has 1 N–H and O–H groups in total. The number of ether oxygens (including phenoxy) is 2. The van der Waals surface area contributed by atoms with Crippen LogP contribution >= 0.6 is 11.6 Å². The number of nitrogens with one attached hydrogen (secondary N) is 1. The lowest BCUT2D eigenvalue weighted by atomic mass is 10.3. The summed E-state index contributed by atoms with van der Waals surface area (Å²) in [6.45, 7) is 0. The van der Waals surface area contributed by atoms with Crippen molar-refractivity contribution in [1.29, 1.82) is 0 Å². The molecular weight excluding hydrogens is 366 g/mol. The summed E-state index contributed by atoms with van der Waals surface area (Å²) in [5.41, 5.74) is 0.565. The Morgan fingerprint density at radius 1 is 1.04 bits per heavy atom. The van der Waals surface area contributed by atoms with Crippen molar-refractivity contribution in [2.45, 2.75) is 4.90 Å². The summed E-state index contributed by atoms with van der Waals surface area (Å²) in [6, 6.07) is 12.3. The quantitative estimate of drug-likeness (QED) is 0.611. The molecule has 0 aliphatic carbocycles. The maximum Gasteiger partial charge on any atom is 0.351 e. The van der Waals surface area contributed by atoms with Crippen LogP contribution in [0.4, 0.5) is 5.69 Å². The van der Waals surface area contributed by atoms with Crippen LogP contribution in [0.1, 0.15) is 0 Å². The second kappa shape index (κ2) is 8.04. The van der Waals surface area contributed by atoms with Gasteiger partial charge in [0.15, 0.2) is 4.91 Å². The highest BCUT2D eigenvalue weighted by molar-refractivity contribution is 7.96. The topological polar surface area (TPSA) is 81.7 Å². The van der Waals surface area contributed by atoms with Gasteiger partial charge in [0.2, 0.25) is 9.84 Å². The predicted molar refractivity (Wildman–Crippen MR) is 95.4 cm³/mol. The largest absolute Gasteiger partial charge is 0.497 e. The number of anilines is 1. The molecule has 0 saturated carbocycles. The molecule has 0 fully saturated rings. The summed E-state index contributed by atoms with van der Waals surface area (Å²) in [5, 5.41) is 3.30. The van der Waals surface area contributed by atoms with E-state index in [1.54, 1.807) is 24.3 Å². The minimum atomic E-state index is -4.07. The summed E-state index contributed by atoms with van der Waals surface area (Å²) < 4.78 is 35.1. The van der Waals surface area contributed by atoms with Crippen molar-refractivity contribution in [2.24, 2.45) is 0 Å². The van der Waals surface area contributed by atoms with Gasteiger partial charge in [0.1, 0.15) is 5.75 Å². The fourth-order valence-corrected chi connectivity index (χ4v) is 3.31. The minimum absolute atomic E-state index is 0.0529. The summed E-state index contributed by atoms with van der Waals surface area (Å²) in [7, 11) is -1.49. The Bertz CT molecular complexity index is 874. The van der Waals surface area contributed by atoms with Gasteiger partial charge in [0.25, 0.3) is 0 Å². The van der Waals surface area contributed by atoms with Crippen molar-refractivity contribution in [3.63, 3.8) is 0 Å². The van der Waals surface area contributed by atoms with E-state index in [1.165, 1.54) is 31.4 Å². The molecule has 0 radical (unpaired) electrons. The van der Waals surface area contributed by atoms with Crippen molar-refractivity contribution in [1.82, 2.24) is 0 Å². The number of esters is 1. The Hall–Kier alpha value is -2.51. The SMILES string of the molecule is COC(=O)/C(=C\Nc1ccc(Cl)cc1)S(=O)(=O)c1ccc(OC)cc1. The third-order valence-electron chi connectivity index (χ3n) is 3.26. The van der Waals surface area contributed by atoms with Gasteiger partial charge < -0.3 is 14.8 Å². The average Bonchev–Trinajstić information content (AvgIpc) is 2.63. The van der Waals surface area contributed by atoms with E-state index in [-0.39, 0.29) is 4.90 Å². The highest BCUT2D eigenvalue weighted by Crippen LogP contribution is 2.23. The second-order valence-corrected chi connectivity index (χ2v) is 7.18. The van der Waals surface area contributed by atoms with Gasteiger partial charge in [-0.25, -0.2) is 13.2 Å². The molecule has 25 heavy (non-hydrogen) atoms. The molecule has 0 saturated heterocycles. The number of hydrogen-bond acceptors (Lipinski definition) is 6. The summed E-state index contributed by atoms with van der Waals surface area (Å²) in [5.74, 6) is -0.473. The Labute approximate surface area is 150 Å². The highest BCUT2D eigenvalue weighted by Gasteiger charge is 2.28. The minimum Gasteiger partial charge on any atom is -0.497 e. The number of halogens is 1. The third-order valence-corrected chi connectivity index (χ3v) is 5.27. The van der Waals surface area contributed by atoms with Gasteiger partial charge in [0.05, 0.1) is 19.1 Å². The predicted octanol–water partition coefficient (Wildman–Crippen LogP) is 3.25. The van der Waals surface area contributed by atoms with Crippen LogP contribution in [-0.2, 0) is 19.4 Å². The maximum absolute atomic E-state index is 12.7. The molecule has 6 nitrogen and oxygen atoms in total. The molecule has 0 amide bonds. The Morgan fingerprint density at radius 3 is 2.16 bits per heavy atom. The van der Waals surface area contributed by atoms with Crippen LogP contribution in [0.25, 0.3) is 0 Å². The molecule has 0 aliphatic rings. The van der Waals surface area contributed by atoms with Gasteiger partial charge >= 0.3 is 5.97 Å². The zero-order valence-electron chi connectivity index (χ0n) is 13.5. The van der Waals surface area contributed by atoms with Crippen molar-refractivity contribution < 1.29 is 22.7 Å². The van der Waals surface area contributed by atoms with E-state index in [0.29, 0.717) is 16.5 Å². The lowest BCUT2D eigenvalue weighted by Gasteiger charge is -2.09. The molecule has 132 valence electrons. The smallest absolute Gasteiger partial charge is 0.351 e. The third kappa shape index (κ3) is 4.52. The zero-order valence-corrected chi connectivity index (χ0v) is 15.1. The molecule has 0 aromatic heterocycles. The van der Waals surface area contributed by atoms with Crippen LogP contribution < -0.4 is 10.1 Å². The van der Waals surface area contributed by atoms with Crippen LogP contribution in [0, 0.1) is 0 Å². The number of benzene rings is 2. The molecular formula is C17H16ClNO5S. The van der Waals surface area contributed by atoms with E-state index < -0.39 is 20.7 Å². The number of rotatable bonds is 6. The fourth-order valence-electron chi connectivity index (χ4n) is 1.92. The molecule has 0 atom stereocenters. The van der Waals surface area contributed by atoms with E-state index >= 15 is 0 Å². The highest BCUT2D eigenvalue weighted by atomic mass is 35.5. The number of carbonyl (C=O) groups is 1. The summed E-state index contributed by atoms with van der Waals surface area (Å²) >= 11 is 5.80. The Morgan fingerprint density at radius 2 is 1.64 bits per heavy atom. The number of hydrogen-bond donors (Lipinski definition) is 1. The molecule has 0 unspecified atom stereocenters. The van der Waals surface area contributed by atoms with Crippen molar-refractivity contribution in [2.75, 3.05) is 19.5 Å². The number of methoxy groups -OCH3 is 2. The monoisotopic (exact) mass is 381 g/mol. The van der Waals surface area contributed by atoms with Gasteiger partial charge in [0, 0.05) is 16.9 Å². The molecule has 2 aromatic carbocycles. The van der Waals surface area contributed by atoms with Crippen molar-refractivity contribution in [3.05, 3.63) is 64.7 Å². The molecule has 2 rings (SSSR count). The van der Waals surface area contributed by atoms with Gasteiger partial charge in [-0.15, -0.1) is 0 Å². The number of carbonyl (C=O) groups excluding carboxylic acids is 1. The van der Waals surface area contributed by atoms with Crippen molar-refractivity contribution >= 4 is 33.1 Å². The molecule has 0 aliphatic heterocycles. The molecule has 8 heteroatoms. The lowest BCUT2D eigenvalue weighted by molar-refractivity contribution is -0.135. The van der Waals surface area contributed by atoms with Gasteiger partial charge in [-0.1, -0.05) is 11.6 Å². The maximum atomic E-state index is 12.7. The molecule has 0 bridgehead atoms. The summed E-state index contributed by atoms with van der Waals surface area (Å²) in [4.78, 5) is 11.4. The van der Waals surface area contributed by atoms with Crippen LogP contribution in [0.5, 0.6) is 5.75 Å². The van der Waals surface area contributed by atoms with Crippen molar-refractivity contribution in [3.8, 4) is 5.75 Å². The first-order chi connectivity index (χ1) is 11.9. The van der Waals surface area contributed by atoms with Gasteiger partial charge in [-0.3, -0.25) is 0 Å². The van der Waals surface area contributed by atoms with E-state index in [4.69, 9.17) is 16.3 Å². The molecule has 0 spiro atoms. The van der Waals surface area contributed by atoms with Crippen LogP contribution in [-0.4, -0.2) is 28.6 Å². The molecule has 2 aromatic rings. The van der Waals surface area contributed by atoms with E-state index in [0.717, 1.165) is 13.3 Å². The van der Waals surface area contributed by atoms with E-state index in [1.807, 2.05) is 0 Å².